The van der Waals surface area contributed by atoms with Crippen molar-refractivity contribution in [2.24, 2.45) is 0 Å². The van der Waals surface area contributed by atoms with E-state index >= 15 is 0 Å². The zero-order valence-corrected chi connectivity index (χ0v) is 15.7. The zero-order valence-electron chi connectivity index (χ0n) is 15.7. The first-order chi connectivity index (χ1) is 12.3. The molecule has 0 atom stereocenters. The molecule has 4 heteroatoms. The molecule has 0 unspecified atom stereocenters. The van der Waals surface area contributed by atoms with Gasteiger partial charge in [0.15, 0.2) is 0 Å². The van der Waals surface area contributed by atoms with E-state index in [0.717, 1.165) is 17.1 Å². The van der Waals surface area contributed by atoms with Gasteiger partial charge in [-0.3, -0.25) is 4.79 Å². The van der Waals surface area contributed by atoms with Crippen molar-refractivity contribution < 1.29 is 9.53 Å². The lowest BCUT2D eigenvalue weighted by molar-refractivity contribution is -0.133. The normalized spacial score (nSPS) is 11.4. The molecule has 2 aromatic carbocycles. The summed E-state index contributed by atoms with van der Waals surface area (Å²) in [7, 11) is 0. The highest BCUT2D eigenvalue weighted by Crippen LogP contribution is 2.24. The summed E-state index contributed by atoms with van der Waals surface area (Å²) >= 11 is 0. The summed E-state index contributed by atoms with van der Waals surface area (Å²) in [4.78, 5) is 12.4. The molecule has 0 aliphatic rings. The zero-order chi connectivity index (χ0) is 18.7. The number of para-hydroxylation sites is 1. The molecule has 0 N–H and O–H groups in total. The van der Waals surface area contributed by atoms with Crippen LogP contribution in [0.4, 0.5) is 0 Å². The van der Waals surface area contributed by atoms with Gasteiger partial charge in [-0.15, -0.1) is 0 Å². The second-order valence-corrected chi connectivity index (χ2v) is 7.48. The average molecular weight is 348 g/mol. The van der Waals surface area contributed by atoms with Crippen LogP contribution < -0.4 is 4.74 Å². The lowest BCUT2D eigenvalue weighted by Gasteiger charge is -2.14. The Labute approximate surface area is 154 Å². The molecule has 0 spiro atoms. The van der Waals surface area contributed by atoms with Gasteiger partial charge in [0.2, 0.25) is 0 Å². The van der Waals surface area contributed by atoms with Gasteiger partial charge in [0.25, 0.3) is 0 Å². The quantitative estimate of drug-likeness (QED) is 0.510. The van der Waals surface area contributed by atoms with Crippen LogP contribution in [0.3, 0.4) is 0 Å². The monoisotopic (exact) mass is 348 g/mol. The van der Waals surface area contributed by atoms with Crippen LogP contribution in [0.15, 0.2) is 60.7 Å². The topological polar surface area (TPSA) is 44.1 Å². The summed E-state index contributed by atoms with van der Waals surface area (Å²) in [5.41, 5.74) is 3.78. The van der Waals surface area contributed by atoms with E-state index in [4.69, 9.17) is 9.84 Å². The average Bonchev–Trinajstić information content (AvgIpc) is 3.00. The summed E-state index contributed by atoms with van der Waals surface area (Å²) < 4.78 is 7.28. The van der Waals surface area contributed by atoms with Gasteiger partial charge in [-0.2, -0.15) is 5.10 Å². The van der Waals surface area contributed by atoms with E-state index in [9.17, 15) is 4.79 Å². The second-order valence-electron chi connectivity index (χ2n) is 7.48. The highest BCUT2D eigenvalue weighted by Gasteiger charge is 2.22. The van der Waals surface area contributed by atoms with Crippen LogP contribution >= 0.6 is 0 Å². The van der Waals surface area contributed by atoms with Crippen LogP contribution in [0.1, 0.15) is 37.7 Å². The number of benzene rings is 2. The molecule has 134 valence electrons. The second kappa shape index (κ2) is 7.16. The first kappa shape index (κ1) is 17.9. The van der Waals surface area contributed by atoms with Crippen LogP contribution in [-0.2, 0) is 16.6 Å². The lowest BCUT2D eigenvalue weighted by atomic mass is 9.92. The van der Waals surface area contributed by atoms with Crippen molar-refractivity contribution in [3.05, 3.63) is 77.6 Å². The van der Waals surface area contributed by atoms with Crippen molar-refractivity contribution in [2.45, 2.75) is 39.5 Å². The summed E-state index contributed by atoms with van der Waals surface area (Å²) in [5, 5.41) is 4.75. The number of aryl methyl sites for hydroxylation is 1. The molecule has 0 aliphatic heterocycles. The Morgan fingerprint density at radius 1 is 1.04 bits per heavy atom. The molecule has 26 heavy (non-hydrogen) atoms. The minimum absolute atomic E-state index is 0.103. The first-order valence-corrected chi connectivity index (χ1v) is 8.75. The van der Waals surface area contributed by atoms with Gasteiger partial charge < -0.3 is 4.74 Å². The molecular formula is C22H24N2O2. The summed E-state index contributed by atoms with van der Waals surface area (Å²) in [6.45, 7) is 8.38. The Kier molecular flexibility index (Phi) is 4.94. The fraction of sp³-hybridized carbons (Fsp3) is 0.273. The number of hydrogen-bond acceptors (Lipinski definition) is 3. The molecular weight excluding hydrogens is 324 g/mol. The van der Waals surface area contributed by atoms with Crippen molar-refractivity contribution >= 4 is 5.97 Å². The predicted molar refractivity (Wildman–Crippen MR) is 103 cm³/mol. The third kappa shape index (κ3) is 4.20. The first-order valence-electron chi connectivity index (χ1n) is 8.75. The maximum absolute atomic E-state index is 12.4. The molecule has 1 heterocycles. The van der Waals surface area contributed by atoms with Gasteiger partial charge in [-0.1, -0.05) is 56.7 Å². The van der Waals surface area contributed by atoms with Gasteiger partial charge >= 0.3 is 5.97 Å². The number of ether oxygens (including phenoxy) is 1. The van der Waals surface area contributed by atoms with E-state index in [1.807, 2.05) is 60.1 Å². The van der Waals surface area contributed by atoms with Crippen LogP contribution in [0, 0.1) is 6.92 Å². The van der Waals surface area contributed by atoms with E-state index in [1.54, 1.807) is 12.1 Å². The number of carbonyl (C=O) groups is 1. The molecule has 0 saturated carbocycles. The van der Waals surface area contributed by atoms with E-state index in [0.29, 0.717) is 5.75 Å². The van der Waals surface area contributed by atoms with E-state index < -0.39 is 0 Å². The third-order valence-corrected chi connectivity index (χ3v) is 4.13. The van der Waals surface area contributed by atoms with Gasteiger partial charge in [0.05, 0.1) is 23.5 Å². The fourth-order valence-corrected chi connectivity index (χ4v) is 2.63. The molecule has 3 aromatic rings. The van der Waals surface area contributed by atoms with E-state index in [-0.39, 0.29) is 17.8 Å². The molecule has 0 amide bonds. The molecule has 0 saturated heterocycles. The summed E-state index contributed by atoms with van der Waals surface area (Å²) in [6, 6.07) is 19.2. The van der Waals surface area contributed by atoms with Crippen LogP contribution in [0.2, 0.25) is 0 Å². The smallest absolute Gasteiger partial charge is 0.317 e. The van der Waals surface area contributed by atoms with Crippen molar-refractivity contribution in [1.82, 2.24) is 9.78 Å². The minimum Gasteiger partial charge on any atom is -0.426 e. The number of esters is 1. The number of hydrogen-bond donors (Lipinski definition) is 0. The molecule has 3 rings (SSSR count). The number of rotatable bonds is 4. The molecule has 0 bridgehead atoms. The summed E-state index contributed by atoms with van der Waals surface area (Å²) in [5.74, 6) is 0.250. The van der Waals surface area contributed by atoms with Gasteiger partial charge in [0, 0.05) is 5.41 Å². The summed E-state index contributed by atoms with van der Waals surface area (Å²) in [6.07, 6.45) is 0.159. The van der Waals surface area contributed by atoms with E-state index in [1.165, 1.54) is 5.56 Å². The van der Waals surface area contributed by atoms with Gasteiger partial charge in [0.1, 0.15) is 5.75 Å². The molecule has 1 aromatic heterocycles. The van der Waals surface area contributed by atoms with Gasteiger partial charge in [-0.25, -0.2) is 4.68 Å². The highest BCUT2D eigenvalue weighted by molar-refractivity contribution is 5.75. The van der Waals surface area contributed by atoms with E-state index in [2.05, 4.69) is 20.8 Å². The standard InChI is InChI=1S/C22H24N2O2/c1-16-10-12-17(13-11-16)24-18(14-20(23-24)22(2,3)4)15-21(25)26-19-8-6-5-7-9-19/h5-14H,15H2,1-4H3. The molecule has 0 fully saturated rings. The Morgan fingerprint density at radius 2 is 1.69 bits per heavy atom. The van der Waals surface area contributed by atoms with Crippen molar-refractivity contribution in [3.8, 4) is 11.4 Å². The minimum atomic E-state index is -0.301. The maximum Gasteiger partial charge on any atom is 0.317 e. The number of aromatic nitrogens is 2. The Hall–Kier alpha value is -2.88. The Bertz CT molecular complexity index is 888. The van der Waals surface area contributed by atoms with Crippen molar-refractivity contribution in [2.75, 3.05) is 0 Å². The molecule has 0 radical (unpaired) electrons. The SMILES string of the molecule is Cc1ccc(-n2nc(C(C)(C)C)cc2CC(=O)Oc2ccccc2)cc1. The van der Waals surface area contributed by atoms with Crippen molar-refractivity contribution in [1.29, 1.82) is 0 Å². The largest absolute Gasteiger partial charge is 0.426 e. The molecule has 0 aliphatic carbocycles. The van der Waals surface area contributed by atoms with Crippen molar-refractivity contribution in [3.63, 3.8) is 0 Å². The fourth-order valence-electron chi connectivity index (χ4n) is 2.63. The van der Waals surface area contributed by atoms with Gasteiger partial charge in [-0.05, 0) is 37.3 Å². The number of nitrogens with zero attached hydrogens (tertiary/aromatic N) is 2. The molecule has 4 nitrogen and oxygen atoms in total. The predicted octanol–water partition coefficient (Wildman–Crippen LogP) is 4.63. The third-order valence-electron chi connectivity index (χ3n) is 4.13. The maximum atomic E-state index is 12.4. The number of carbonyl (C=O) groups excluding carboxylic acids is 1. The van der Waals surface area contributed by atoms with Crippen LogP contribution in [0.25, 0.3) is 5.69 Å². The Morgan fingerprint density at radius 3 is 2.31 bits per heavy atom. The van der Waals surface area contributed by atoms with Crippen LogP contribution in [0.5, 0.6) is 5.75 Å². The van der Waals surface area contributed by atoms with Crippen LogP contribution in [-0.4, -0.2) is 15.7 Å². The lowest BCUT2D eigenvalue weighted by Crippen LogP contribution is -2.14. The highest BCUT2D eigenvalue weighted by atomic mass is 16.5. The Balaban J connectivity index is 1.90.